The van der Waals surface area contributed by atoms with Crippen molar-refractivity contribution in [3.05, 3.63) is 0 Å². The molecule has 1 unspecified atom stereocenters. The van der Waals surface area contributed by atoms with E-state index in [0.717, 1.165) is 38.6 Å². The van der Waals surface area contributed by atoms with E-state index in [1.54, 1.807) is 0 Å². The van der Waals surface area contributed by atoms with Crippen LogP contribution in [0.5, 0.6) is 0 Å². The molecule has 0 aliphatic carbocycles. The molecule has 2 aliphatic heterocycles. The Hall–Kier alpha value is -0.770. The van der Waals surface area contributed by atoms with Crippen molar-refractivity contribution in [2.45, 2.75) is 25.4 Å². The zero-order valence-electron chi connectivity index (χ0n) is 9.05. The van der Waals surface area contributed by atoms with Gasteiger partial charge < -0.3 is 15.0 Å². The van der Waals surface area contributed by atoms with Gasteiger partial charge in [-0.15, -0.1) is 0 Å². The summed E-state index contributed by atoms with van der Waals surface area (Å²) in [5.74, 6) is 1.02. The van der Waals surface area contributed by atoms with Gasteiger partial charge >= 0.3 is 0 Å². The third kappa shape index (κ3) is 2.00. The molecule has 0 spiro atoms. The third-order valence-electron chi connectivity index (χ3n) is 2.98. The Kier molecular flexibility index (Phi) is 2.63. The van der Waals surface area contributed by atoms with Gasteiger partial charge in [-0.25, -0.2) is 0 Å². The van der Waals surface area contributed by atoms with Gasteiger partial charge in [-0.2, -0.15) is 0 Å². The first-order chi connectivity index (χ1) is 6.70. The number of nitrogens with zero attached hydrogens (tertiary/aromatic N) is 2. The largest absolute Gasteiger partial charge is 0.373 e. The van der Waals surface area contributed by atoms with Crippen molar-refractivity contribution in [3.63, 3.8) is 0 Å². The second-order valence-electron chi connectivity index (χ2n) is 4.38. The molecule has 1 saturated heterocycles. The van der Waals surface area contributed by atoms with E-state index in [2.05, 4.69) is 29.2 Å². The van der Waals surface area contributed by atoms with Crippen molar-refractivity contribution >= 4 is 5.96 Å². The summed E-state index contributed by atoms with van der Waals surface area (Å²) in [4.78, 5) is 6.54. The van der Waals surface area contributed by atoms with Crippen LogP contribution in [0.25, 0.3) is 0 Å². The van der Waals surface area contributed by atoms with Crippen molar-refractivity contribution in [2.24, 2.45) is 4.99 Å². The molecule has 1 atom stereocenters. The molecule has 1 fully saturated rings. The van der Waals surface area contributed by atoms with Crippen LogP contribution < -0.4 is 5.32 Å². The van der Waals surface area contributed by atoms with Crippen LogP contribution in [0.2, 0.25) is 0 Å². The van der Waals surface area contributed by atoms with Crippen LogP contribution in [-0.2, 0) is 4.74 Å². The van der Waals surface area contributed by atoms with Crippen molar-refractivity contribution in [2.75, 3.05) is 33.3 Å². The average Bonchev–Trinajstić information content (AvgIpc) is 2.73. The Bertz CT molecular complexity index is 234. The van der Waals surface area contributed by atoms with Crippen LogP contribution in [0, 0.1) is 0 Å². The fourth-order valence-electron chi connectivity index (χ4n) is 1.97. The molecule has 0 bridgehead atoms. The molecule has 1 N–H and O–H groups in total. The van der Waals surface area contributed by atoms with Gasteiger partial charge in [0, 0.05) is 26.7 Å². The summed E-state index contributed by atoms with van der Waals surface area (Å²) in [7, 11) is 2.07. The normalized spacial score (nSPS) is 32.1. The summed E-state index contributed by atoms with van der Waals surface area (Å²) < 4.78 is 5.70. The van der Waals surface area contributed by atoms with Crippen molar-refractivity contribution in [3.8, 4) is 0 Å². The Morgan fingerprint density at radius 3 is 3.07 bits per heavy atom. The van der Waals surface area contributed by atoms with E-state index >= 15 is 0 Å². The second-order valence-corrected chi connectivity index (χ2v) is 4.38. The smallest absolute Gasteiger partial charge is 0.193 e. The van der Waals surface area contributed by atoms with Crippen LogP contribution in [-0.4, -0.2) is 49.7 Å². The molecule has 0 radical (unpaired) electrons. The second kappa shape index (κ2) is 3.77. The lowest BCUT2D eigenvalue weighted by Crippen LogP contribution is -2.44. The lowest BCUT2D eigenvalue weighted by Gasteiger charge is -2.25. The standard InChI is InChI=1S/C10H19N3O/c1-10(4-3-7-14-10)8-12-9-11-5-6-13(9)2/h3-8H2,1-2H3,(H,11,12). The van der Waals surface area contributed by atoms with Crippen LogP contribution in [0.3, 0.4) is 0 Å². The molecule has 2 aliphatic rings. The zero-order chi connectivity index (χ0) is 10.0. The van der Waals surface area contributed by atoms with Crippen LogP contribution >= 0.6 is 0 Å². The Morgan fingerprint density at radius 2 is 2.50 bits per heavy atom. The van der Waals surface area contributed by atoms with Crippen molar-refractivity contribution < 1.29 is 4.74 Å². The van der Waals surface area contributed by atoms with E-state index in [0.29, 0.717) is 0 Å². The van der Waals surface area contributed by atoms with E-state index in [9.17, 15) is 0 Å². The van der Waals surface area contributed by atoms with Gasteiger partial charge in [0.1, 0.15) is 0 Å². The summed E-state index contributed by atoms with van der Waals surface area (Å²) in [6, 6.07) is 0. The zero-order valence-corrected chi connectivity index (χ0v) is 9.05. The number of hydrogen-bond donors (Lipinski definition) is 1. The van der Waals surface area contributed by atoms with E-state index in [1.165, 1.54) is 6.42 Å². The maximum Gasteiger partial charge on any atom is 0.193 e. The van der Waals surface area contributed by atoms with Gasteiger partial charge in [0.05, 0.1) is 12.1 Å². The van der Waals surface area contributed by atoms with Gasteiger partial charge in [-0.1, -0.05) is 0 Å². The first-order valence-electron chi connectivity index (χ1n) is 5.33. The van der Waals surface area contributed by atoms with Gasteiger partial charge in [-0.05, 0) is 19.8 Å². The fraction of sp³-hybridized carbons (Fsp3) is 0.900. The highest BCUT2D eigenvalue weighted by molar-refractivity contribution is 5.81. The highest BCUT2D eigenvalue weighted by atomic mass is 16.5. The highest BCUT2D eigenvalue weighted by Crippen LogP contribution is 2.23. The highest BCUT2D eigenvalue weighted by Gasteiger charge is 2.30. The molecule has 0 saturated carbocycles. The van der Waals surface area contributed by atoms with Crippen LogP contribution in [0.4, 0.5) is 0 Å². The van der Waals surface area contributed by atoms with Gasteiger partial charge in [-0.3, -0.25) is 4.99 Å². The summed E-state index contributed by atoms with van der Waals surface area (Å²) in [5.41, 5.74) is 0.0198. The van der Waals surface area contributed by atoms with Crippen molar-refractivity contribution in [1.29, 1.82) is 0 Å². The third-order valence-corrected chi connectivity index (χ3v) is 2.98. The minimum absolute atomic E-state index is 0.0198. The van der Waals surface area contributed by atoms with Crippen LogP contribution in [0.1, 0.15) is 19.8 Å². The predicted molar refractivity (Wildman–Crippen MR) is 56.5 cm³/mol. The molecule has 0 amide bonds. The number of ether oxygens (including phenoxy) is 1. The topological polar surface area (TPSA) is 36.9 Å². The molecule has 4 nitrogen and oxygen atoms in total. The average molecular weight is 197 g/mol. The van der Waals surface area contributed by atoms with Gasteiger partial charge in [0.15, 0.2) is 5.96 Å². The summed E-state index contributed by atoms with van der Waals surface area (Å²) >= 11 is 0. The summed E-state index contributed by atoms with van der Waals surface area (Å²) in [5, 5.41) is 3.36. The summed E-state index contributed by atoms with van der Waals surface area (Å²) in [6.07, 6.45) is 2.33. The maximum atomic E-state index is 5.70. The van der Waals surface area contributed by atoms with Gasteiger partial charge in [0.25, 0.3) is 0 Å². The van der Waals surface area contributed by atoms with Crippen LogP contribution in [0.15, 0.2) is 4.99 Å². The molecule has 4 heteroatoms. The minimum Gasteiger partial charge on any atom is -0.373 e. The first-order valence-corrected chi connectivity index (χ1v) is 5.33. The monoisotopic (exact) mass is 197 g/mol. The summed E-state index contributed by atoms with van der Waals surface area (Å²) in [6.45, 7) is 5.88. The van der Waals surface area contributed by atoms with E-state index in [-0.39, 0.29) is 5.60 Å². The Labute approximate surface area is 85.3 Å². The molecule has 0 aromatic heterocycles. The SMILES string of the molecule is CN1CCN=C1NCC1(C)CCCO1. The molecule has 0 aromatic rings. The first kappa shape index (κ1) is 9.77. The number of rotatable bonds is 2. The molecule has 2 heterocycles. The number of hydrogen-bond acceptors (Lipinski definition) is 4. The predicted octanol–water partition coefficient (Wildman–Crippen LogP) is 0.446. The molecular formula is C10H19N3O. The Morgan fingerprint density at radius 1 is 1.64 bits per heavy atom. The molecule has 14 heavy (non-hydrogen) atoms. The maximum absolute atomic E-state index is 5.70. The quantitative estimate of drug-likeness (QED) is 0.698. The van der Waals surface area contributed by atoms with E-state index in [1.807, 2.05) is 0 Å². The molecular weight excluding hydrogens is 178 g/mol. The number of nitrogens with one attached hydrogen (secondary N) is 1. The molecule has 2 rings (SSSR count). The van der Waals surface area contributed by atoms with Crippen molar-refractivity contribution in [1.82, 2.24) is 10.2 Å². The minimum atomic E-state index is 0.0198. The molecule has 0 aromatic carbocycles. The molecule has 80 valence electrons. The fourth-order valence-corrected chi connectivity index (χ4v) is 1.97. The number of aliphatic imine (C=N–C) groups is 1. The lowest BCUT2D eigenvalue weighted by atomic mass is 10.0. The van der Waals surface area contributed by atoms with E-state index < -0.39 is 0 Å². The number of guanidine groups is 1. The van der Waals surface area contributed by atoms with Gasteiger partial charge in [0.2, 0.25) is 0 Å². The van der Waals surface area contributed by atoms with E-state index in [4.69, 9.17) is 4.74 Å². The number of likely N-dealkylation sites (N-methyl/N-ethyl adjacent to an activating group) is 1. The Balaban J connectivity index is 1.81. The lowest BCUT2D eigenvalue weighted by molar-refractivity contribution is 0.0240.